The molecule has 0 saturated carbocycles. The molecule has 19 heavy (non-hydrogen) atoms. The smallest absolute Gasteiger partial charge is 0.269 e. The lowest BCUT2D eigenvalue weighted by molar-refractivity contribution is -0.0126. The van der Waals surface area contributed by atoms with E-state index in [2.05, 4.69) is 15.0 Å². The number of hydrogen-bond acceptors (Lipinski definition) is 3. The third-order valence-corrected chi connectivity index (χ3v) is 2.77. The van der Waals surface area contributed by atoms with Gasteiger partial charge >= 0.3 is 0 Å². The molecule has 0 aromatic heterocycles. The van der Waals surface area contributed by atoms with Crippen LogP contribution >= 0.6 is 0 Å². The lowest BCUT2D eigenvalue weighted by atomic mass is 9.90. The molecule has 0 amide bonds. The molecule has 5 nitrogen and oxygen atoms in total. The Bertz CT molecular complexity index is 557. The zero-order valence-corrected chi connectivity index (χ0v) is 9.63. The number of nitrogens with zero attached hydrogens (tertiary/aromatic N) is 4. The van der Waals surface area contributed by atoms with Crippen LogP contribution in [-0.4, -0.2) is 25.9 Å². The van der Waals surface area contributed by atoms with E-state index >= 15 is 0 Å². The van der Waals surface area contributed by atoms with E-state index in [4.69, 9.17) is 10.3 Å². The third kappa shape index (κ3) is 2.40. The summed E-state index contributed by atoms with van der Waals surface area (Å²) >= 11 is 0. The zero-order chi connectivity index (χ0) is 13.9. The summed E-state index contributed by atoms with van der Waals surface area (Å²) in [5.74, 6) is -0.847. The van der Waals surface area contributed by atoms with Crippen LogP contribution in [0.3, 0.4) is 0 Å². The Morgan fingerprint density at radius 3 is 2.84 bits per heavy atom. The summed E-state index contributed by atoms with van der Waals surface area (Å²) in [7, 11) is 0. The molecular formula is C11H9F3N4O. The van der Waals surface area contributed by atoms with Crippen molar-refractivity contribution in [3.8, 4) is 0 Å². The minimum atomic E-state index is -2.94. The standard InChI is InChI=1S/C11H9F3N4O/c12-9-2-1-7(17-18-15)5-8(9)11(10(13)14)6-19-4-3-16-11/h1-3,5,10H,4,6H2. The molecule has 0 fully saturated rings. The van der Waals surface area contributed by atoms with Crippen LogP contribution in [0.4, 0.5) is 18.9 Å². The molecule has 1 aromatic carbocycles. The summed E-state index contributed by atoms with van der Waals surface area (Å²) in [6.07, 6.45) is -1.77. The number of azide groups is 1. The van der Waals surface area contributed by atoms with Crippen molar-refractivity contribution in [3.63, 3.8) is 0 Å². The summed E-state index contributed by atoms with van der Waals surface area (Å²) < 4.78 is 45.3. The Hall–Kier alpha value is -2.05. The first kappa shape index (κ1) is 13.4. The van der Waals surface area contributed by atoms with Crippen LogP contribution in [0.2, 0.25) is 0 Å². The van der Waals surface area contributed by atoms with Gasteiger partial charge in [-0.05, 0) is 23.7 Å². The molecule has 0 N–H and O–H groups in total. The molecule has 0 bridgehead atoms. The highest BCUT2D eigenvalue weighted by Gasteiger charge is 2.45. The molecular weight excluding hydrogens is 261 g/mol. The topological polar surface area (TPSA) is 70.4 Å². The number of ether oxygens (including phenoxy) is 1. The van der Waals surface area contributed by atoms with Crippen molar-refractivity contribution in [3.05, 3.63) is 40.0 Å². The van der Waals surface area contributed by atoms with Crippen LogP contribution in [0.25, 0.3) is 10.4 Å². The van der Waals surface area contributed by atoms with Gasteiger partial charge in [0.05, 0.1) is 13.2 Å². The Morgan fingerprint density at radius 1 is 1.47 bits per heavy atom. The van der Waals surface area contributed by atoms with Gasteiger partial charge in [-0.2, -0.15) is 0 Å². The van der Waals surface area contributed by atoms with Gasteiger partial charge in [-0.15, -0.1) is 0 Å². The van der Waals surface area contributed by atoms with Crippen molar-refractivity contribution < 1.29 is 17.9 Å². The highest BCUT2D eigenvalue weighted by Crippen LogP contribution is 2.37. The van der Waals surface area contributed by atoms with Crippen LogP contribution in [0, 0.1) is 5.82 Å². The van der Waals surface area contributed by atoms with Crippen LogP contribution < -0.4 is 0 Å². The second-order valence-electron chi connectivity index (χ2n) is 3.91. The summed E-state index contributed by atoms with van der Waals surface area (Å²) in [4.78, 5) is 6.25. The van der Waals surface area contributed by atoms with Crippen LogP contribution in [0.1, 0.15) is 5.56 Å². The van der Waals surface area contributed by atoms with Crippen molar-refractivity contribution in [2.45, 2.75) is 12.0 Å². The molecule has 1 aromatic rings. The first-order valence-corrected chi connectivity index (χ1v) is 5.35. The number of halogens is 3. The van der Waals surface area contributed by atoms with Gasteiger partial charge < -0.3 is 4.74 Å². The number of hydrogen-bond donors (Lipinski definition) is 0. The summed E-state index contributed by atoms with van der Waals surface area (Å²) in [6.45, 7) is -0.329. The van der Waals surface area contributed by atoms with Crippen LogP contribution in [-0.2, 0) is 10.3 Å². The van der Waals surface area contributed by atoms with Gasteiger partial charge in [-0.1, -0.05) is 5.11 Å². The van der Waals surface area contributed by atoms with E-state index in [0.717, 1.165) is 12.1 Å². The van der Waals surface area contributed by atoms with E-state index < -0.39 is 24.4 Å². The zero-order valence-electron chi connectivity index (χ0n) is 9.63. The fourth-order valence-electron chi connectivity index (χ4n) is 1.85. The van der Waals surface area contributed by atoms with E-state index in [9.17, 15) is 13.2 Å². The molecule has 0 saturated heterocycles. The fourth-order valence-corrected chi connectivity index (χ4v) is 1.85. The second-order valence-corrected chi connectivity index (χ2v) is 3.91. The van der Waals surface area contributed by atoms with Crippen molar-refractivity contribution in [2.75, 3.05) is 13.2 Å². The Labute approximate surface area is 106 Å². The molecule has 1 atom stereocenters. The van der Waals surface area contributed by atoms with Crippen molar-refractivity contribution >= 4 is 11.9 Å². The van der Waals surface area contributed by atoms with Crippen molar-refractivity contribution in [1.82, 2.24) is 0 Å². The minimum Gasteiger partial charge on any atom is -0.373 e. The largest absolute Gasteiger partial charge is 0.373 e. The van der Waals surface area contributed by atoms with Gasteiger partial charge in [0.1, 0.15) is 5.82 Å². The predicted octanol–water partition coefficient (Wildman–Crippen LogP) is 3.33. The first-order chi connectivity index (χ1) is 9.10. The normalized spacial score (nSPS) is 22.3. The highest BCUT2D eigenvalue weighted by molar-refractivity contribution is 5.61. The Kier molecular flexibility index (Phi) is 3.73. The maximum Gasteiger partial charge on any atom is 0.269 e. The predicted molar refractivity (Wildman–Crippen MR) is 62.2 cm³/mol. The maximum atomic E-state index is 13.8. The third-order valence-electron chi connectivity index (χ3n) is 2.77. The number of rotatable bonds is 3. The van der Waals surface area contributed by atoms with Gasteiger partial charge in [0, 0.05) is 22.4 Å². The number of aliphatic imine (C=N–C) groups is 1. The summed E-state index contributed by atoms with van der Waals surface area (Å²) in [6, 6.07) is 3.23. The van der Waals surface area contributed by atoms with E-state index in [1.165, 1.54) is 12.3 Å². The van der Waals surface area contributed by atoms with Gasteiger partial charge in [0.2, 0.25) is 0 Å². The molecule has 100 valence electrons. The molecule has 1 unspecified atom stereocenters. The number of benzene rings is 1. The molecule has 0 aliphatic carbocycles. The maximum absolute atomic E-state index is 13.8. The lowest BCUT2D eigenvalue weighted by Gasteiger charge is -2.32. The molecule has 8 heteroatoms. The van der Waals surface area contributed by atoms with E-state index in [1.54, 1.807) is 0 Å². The van der Waals surface area contributed by atoms with E-state index in [-0.39, 0.29) is 17.9 Å². The molecule has 1 aliphatic rings. The molecule has 0 spiro atoms. The molecule has 2 rings (SSSR count). The average molecular weight is 270 g/mol. The van der Waals surface area contributed by atoms with Crippen molar-refractivity contribution in [2.24, 2.45) is 10.1 Å². The van der Waals surface area contributed by atoms with E-state index in [0.29, 0.717) is 0 Å². The lowest BCUT2D eigenvalue weighted by Crippen LogP contribution is -2.41. The van der Waals surface area contributed by atoms with Crippen LogP contribution in [0.5, 0.6) is 0 Å². The van der Waals surface area contributed by atoms with Crippen molar-refractivity contribution in [1.29, 1.82) is 0 Å². The minimum absolute atomic E-state index is 0.0414. The van der Waals surface area contributed by atoms with E-state index in [1.807, 2.05) is 0 Å². The fraction of sp³-hybridized carbons (Fsp3) is 0.364. The molecule has 0 radical (unpaired) electrons. The summed E-state index contributed by atoms with van der Waals surface area (Å²) in [5.41, 5.74) is 5.93. The van der Waals surface area contributed by atoms with Gasteiger partial charge in [-0.25, -0.2) is 13.2 Å². The second kappa shape index (κ2) is 5.29. The SMILES string of the molecule is [N-]=[N+]=Nc1ccc(F)c(C2(C(F)F)COCC=N2)c1. The van der Waals surface area contributed by atoms with Gasteiger partial charge in [-0.3, -0.25) is 4.99 Å². The number of alkyl halides is 2. The molecule has 1 aliphatic heterocycles. The molecule has 1 heterocycles. The van der Waals surface area contributed by atoms with Gasteiger partial charge in [0.25, 0.3) is 6.43 Å². The Morgan fingerprint density at radius 2 is 2.26 bits per heavy atom. The van der Waals surface area contributed by atoms with Crippen LogP contribution in [0.15, 0.2) is 28.3 Å². The highest BCUT2D eigenvalue weighted by atomic mass is 19.3. The summed E-state index contributed by atoms with van der Waals surface area (Å²) in [5, 5.41) is 3.27. The quantitative estimate of drug-likeness (QED) is 0.471. The van der Waals surface area contributed by atoms with Gasteiger partial charge in [0.15, 0.2) is 5.54 Å². The monoisotopic (exact) mass is 270 g/mol. The first-order valence-electron chi connectivity index (χ1n) is 5.35. The average Bonchev–Trinajstić information content (AvgIpc) is 2.42. The Balaban J connectivity index is 2.59.